The van der Waals surface area contributed by atoms with E-state index in [1.54, 1.807) is 4.90 Å². The van der Waals surface area contributed by atoms with Gasteiger partial charge in [-0.1, -0.05) is 13.8 Å². The Morgan fingerprint density at radius 2 is 2.16 bits per heavy atom. The van der Waals surface area contributed by atoms with Gasteiger partial charge in [0.15, 0.2) is 0 Å². The number of carbonyl (C=O) groups excluding carboxylic acids is 1. The molecule has 25 heavy (non-hydrogen) atoms. The minimum atomic E-state index is -4.42. The van der Waals surface area contributed by atoms with Crippen molar-refractivity contribution in [2.24, 2.45) is 17.1 Å². The number of fused-ring (bicyclic) bond motifs is 1. The molecular formula is C18H24F3N3O. The molecule has 1 amide bonds. The third kappa shape index (κ3) is 3.26. The topological polar surface area (TPSA) is 59.2 Å². The van der Waals surface area contributed by atoms with Crippen molar-refractivity contribution in [1.82, 2.24) is 9.88 Å². The van der Waals surface area contributed by atoms with Crippen molar-refractivity contribution in [2.75, 3.05) is 6.54 Å². The van der Waals surface area contributed by atoms with Gasteiger partial charge >= 0.3 is 6.18 Å². The molecule has 0 saturated heterocycles. The van der Waals surface area contributed by atoms with Crippen LogP contribution in [0.1, 0.15) is 49.9 Å². The Bertz CT molecular complexity index is 674. The fourth-order valence-electron chi connectivity index (χ4n) is 4.15. The second-order valence-corrected chi connectivity index (χ2v) is 7.62. The molecule has 1 aliphatic carbocycles. The summed E-state index contributed by atoms with van der Waals surface area (Å²) < 4.78 is 38.8. The molecule has 0 spiro atoms. The normalized spacial score (nSPS) is 26.8. The highest BCUT2D eigenvalue weighted by molar-refractivity contribution is 5.83. The largest absolute Gasteiger partial charge is 0.417 e. The highest BCUT2D eigenvalue weighted by Gasteiger charge is 2.48. The number of nitrogens with two attached hydrogens (primary N) is 1. The molecule has 1 aromatic heterocycles. The van der Waals surface area contributed by atoms with Gasteiger partial charge in [-0.05, 0) is 36.8 Å². The van der Waals surface area contributed by atoms with Crippen LogP contribution in [0.25, 0.3) is 0 Å². The van der Waals surface area contributed by atoms with Gasteiger partial charge in [-0.15, -0.1) is 0 Å². The number of rotatable bonds is 2. The van der Waals surface area contributed by atoms with Gasteiger partial charge in [0.05, 0.1) is 11.0 Å². The number of aromatic nitrogens is 1. The summed E-state index contributed by atoms with van der Waals surface area (Å²) in [4.78, 5) is 18.9. The average molecular weight is 355 g/mol. The zero-order valence-corrected chi connectivity index (χ0v) is 14.6. The van der Waals surface area contributed by atoms with Crippen molar-refractivity contribution in [2.45, 2.75) is 58.3 Å². The first-order valence-corrected chi connectivity index (χ1v) is 8.73. The minimum Gasteiger partial charge on any atom is -0.337 e. The predicted octanol–water partition coefficient (Wildman–Crippen LogP) is 3.14. The summed E-state index contributed by atoms with van der Waals surface area (Å²) in [6, 6.07) is 1.14. The first-order valence-electron chi connectivity index (χ1n) is 8.73. The summed E-state index contributed by atoms with van der Waals surface area (Å²) in [5.41, 5.74) is 5.95. The average Bonchev–Trinajstić information content (AvgIpc) is 2.95. The van der Waals surface area contributed by atoms with E-state index in [-0.39, 0.29) is 24.4 Å². The number of pyridine rings is 1. The molecular weight excluding hydrogens is 331 g/mol. The van der Waals surface area contributed by atoms with E-state index in [4.69, 9.17) is 5.73 Å². The minimum absolute atomic E-state index is 0.0157. The highest BCUT2D eigenvalue weighted by Crippen LogP contribution is 2.46. The molecule has 0 aromatic carbocycles. The number of halogens is 3. The fourth-order valence-corrected chi connectivity index (χ4v) is 4.15. The molecule has 1 aromatic rings. The van der Waals surface area contributed by atoms with E-state index in [0.717, 1.165) is 25.1 Å². The smallest absolute Gasteiger partial charge is 0.337 e. The van der Waals surface area contributed by atoms with Crippen LogP contribution < -0.4 is 5.73 Å². The molecule has 138 valence electrons. The maximum absolute atomic E-state index is 13.2. The Hall–Kier alpha value is -1.63. The van der Waals surface area contributed by atoms with Crippen molar-refractivity contribution in [3.63, 3.8) is 0 Å². The molecule has 2 aliphatic rings. The van der Waals surface area contributed by atoms with Gasteiger partial charge < -0.3 is 10.6 Å². The zero-order valence-electron chi connectivity index (χ0n) is 14.6. The highest BCUT2D eigenvalue weighted by atomic mass is 19.4. The lowest BCUT2D eigenvalue weighted by molar-refractivity contribution is -0.145. The summed E-state index contributed by atoms with van der Waals surface area (Å²) in [5, 5.41) is 0. The standard InChI is InChI=1S/C18H24F3N3O/c1-11(2)17(5-3-14(22)8-17)16(25)24-6-4-15-12(10-24)7-13(9-23-15)18(19,20)21/h7,9,11,14H,3-6,8,10,22H2,1-2H3/t14?,17-/m0/s1. The maximum atomic E-state index is 13.2. The Morgan fingerprint density at radius 1 is 1.44 bits per heavy atom. The van der Waals surface area contributed by atoms with Crippen LogP contribution in [0.4, 0.5) is 13.2 Å². The van der Waals surface area contributed by atoms with Gasteiger partial charge in [0.1, 0.15) is 0 Å². The first-order chi connectivity index (χ1) is 11.6. The SMILES string of the molecule is CC(C)[C@]1(C(=O)N2CCc3ncc(C(F)(F)F)cc3C2)CCC(N)C1. The summed E-state index contributed by atoms with van der Waals surface area (Å²) in [5.74, 6) is 0.174. The van der Waals surface area contributed by atoms with Gasteiger partial charge in [-0.2, -0.15) is 13.2 Å². The van der Waals surface area contributed by atoms with E-state index in [1.807, 2.05) is 13.8 Å². The molecule has 4 nitrogen and oxygen atoms in total. The van der Waals surface area contributed by atoms with Crippen LogP contribution in [0.2, 0.25) is 0 Å². The molecule has 0 bridgehead atoms. The Balaban J connectivity index is 1.85. The van der Waals surface area contributed by atoms with Crippen LogP contribution in [0.3, 0.4) is 0 Å². The number of alkyl halides is 3. The molecule has 0 radical (unpaired) electrons. The molecule has 2 atom stereocenters. The second kappa shape index (κ2) is 6.27. The summed E-state index contributed by atoms with van der Waals surface area (Å²) in [6.45, 7) is 4.73. The molecule has 2 heterocycles. The molecule has 1 fully saturated rings. The molecule has 1 saturated carbocycles. The van der Waals surface area contributed by atoms with Crippen LogP contribution in [0.15, 0.2) is 12.3 Å². The van der Waals surface area contributed by atoms with Crippen molar-refractivity contribution in [1.29, 1.82) is 0 Å². The molecule has 7 heteroatoms. The summed E-state index contributed by atoms with van der Waals surface area (Å²) >= 11 is 0. The van der Waals surface area contributed by atoms with E-state index in [1.165, 1.54) is 0 Å². The first kappa shape index (κ1) is 18.2. The fraction of sp³-hybridized carbons (Fsp3) is 0.667. The van der Waals surface area contributed by atoms with E-state index < -0.39 is 17.2 Å². The molecule has 1 aliphatic heterocycles. The van der Waals surface area contributed by atoms with E-state index in [9.17, 15) is 18.0 Å². The van der Waals surface area contributed by atoms with Crippen LogP contribution in [-0.2, 0) is 23.9 Å². The Labute approximate surface area is 145 Å². The van der Waals surface area contributed by atoms with Crippen LogP contribution in [-0.4, -0.2) is 28.4 Å². The lowest BCUT2D eigenvalue weighted by Crippen LogP contribution is -2.48. The molecule has 2 N–H and O–H groups in total. The van der Waals surface area contributed by atoms with Crippen molar-refractivity contribution < 1.29 is 18.0 Å². The zero-order chi connectivity index (χ0) is 18.4. The van der Waals surface area contributed by atoms with Crippen molar-refractivity contribution in [3.8, 4) is 0 Å². The lowest BCUT2D eigenvalue weighted by atomic mass is 9.74. The number of nitrogens with zero attached hydrogens (tertiary/aromatic N) is 2. The summed E-state index contributed by atoms with van der Waals surface area (Å²) in [6.07, 6.45) is -0.857. The molecule has 3 rings (SSSR count). The van der Waals surface area contributed by atoms with Gasteiger partial charge in [0.2, 0.25) is 5.91 Å². The quantitative estimate of drug-likeness (QED) is 0.887. The van der Waals surface area contributed by atoms with Gasteiger partial charge in [-0.25, -0.2) is 0 Å². The van der Waals surface area contributed by atoms with Crippen LogP contribution >= 0.6 is 0 Å². The number of carbonyl (C=O) groups is 1. The monoisotopic (exact) mass is 355 g/mol. The van der Waals surface area contributed by atoms with Crippen LogP contribution in [0, 0.1) is 11.3 Å². The number of hydrogen-bond donors (Lipinski definition) is 1. The van der Waals surface area contributed by atoms with E-state index >= 15 is 0 Å². The maximum Gasteiger partial charge on any atom is 0.417 e. The van der Waals surface area contributed by atoms with E-state index in [2.05, 4.69) is 4.98 Å². The van der Waals surface area contributed by atoms with Crippen LogP contribution in [0.5, 0.6) is 0 Å². The third-order valence-electron chi connectivity index (χ3n) is 5.77. The van der Waals surface area contributed by atoms with Crippen molar-refractivity contribution >= 4 is 5.91 Å². The summed E-state index contributed by atoms with van der Waals surface area (Å²) in [7, 11) is 0. The second-order valence-electron chi connectivity index (χ2n) is 7.62. The Kier molecular flexibility index (Phi) is 4.56. The number of amides is 1. The van der Waals surface area contributed by atoms with Gasteiger partial charge in [0.25, 0.3) is 0 Å². The van der Waals surface area contributed by atoms with Crippen molar-refractivity contribution in [3.05, 3.63) is 29.1 Å². The lowest BCUT2D eigenvalue weighted by Gasteiger charge is -2.39. The van der Waals surface area contributed by atoms with Gasteiger partial charge in [0, 0.05) is 37.4 Å². The predicted molar refractivity (Wildman–Crippen MR) is 87.5 cm³/mol. The Morgan fingerprint density at radius 3 is 2.72 bits per heavy atom. The number of hydrogen-bond acceptors (Lipinski definition) is 3. The third-order valence-corrected chi connectivity index (χ3v) is 5.77. The molecule has 1 unspecified atom stereocenters. The van der Waals surface area contributed by atoms with E-state index in [0.29, 0.717) is 30.6 Å². The van der Waals surface area contributed by atoms with Gasteiger partial charge in [-0.3, -0.25) is 9.78 Å².